The van der Waals surface area contributed by atoms with Gasteiger partial charge < -0.3 is 10.2 Å². The first-order valence-electron chi connectivity index (χ1n) is 3.04. The fourth-order valence-corrected chi connectivity index (χ4v) is 0.647. The molecule has 1 aromatic rings. The monoisotopic (exact) mass is 207 g/mol. The first-order chi connectivity index (χ1) is 5.61. The minimum absolute atomic E-state index is 0. The van der Waals surface area contributed by atoms with Gasteiger partial charge in [-0.25, -0.2) is 14.6 Å². The molecule has 5 nitrogen and oxygen atoms in total. The Bertz CT molecular complexity index is 289. The number of carbonyl (C=O) groups is 2. The third kappa shape index (κ3) is 3.53. The third-order valence-corrected chi connectivity index (χ3v) is 1.23. The van der Waals surface area contributed by atoms with E-state index < -0.39 is 11.9 Å². The number of hydrogen-bond donors (Lipinski definition) is 2. The molecule has 0 aromatic carbocycles. The van der Waals surface area contributed by atoms with Gasteiger partial charge >= 0.3 is 63.3 Å². The normalized spacial score (nSPS) is 8.62. The van der Waals surface area contributed by atoms with E-state index in [0.29, 0.717) is 0 Å². The van der Waals surface area contributed by atoms with Crippen LogP contribution in [0.3, 0.4) is 0 Å². The molecule has 1 aromatic heterocycles. The van der Waals surface area contributed by atoms with Crippen molar-refractivity contribution >= 4 is 63.3 Å². The molecule has 0 spiro atoms. The summed E-state index contributed by atoms with van der Waals surface area (Å²) in [7, 11) is 0. The Morgan fingerprint density at radius 2 is 1.77 bits per heavy atom. The Morgan fingerprint density at radius 3 is 2.08 bits per heavy atom. The number of aromatic carboxylic acids is 2. The molecule has 0 atom stereocenters. The quantitative estimate of drug-likeness (QED) is 0.657. The molecule has 0 saturated heterocycles. The maximum absolute atomic E-state index is 10.3. The molecule has 64 valence electrons. The van der Waals surface area contributed by atoms with E-state index in [2.05, 4.69) is 4.98 Å². The topological polar surface area (TPSA) is 87.5 Å². The van der Waals surface area contributed by atoms with Gasteiger partial charge in [-0.1, -0.05) is 0 Å². The van der Waals surface area contributed by atoms with Crippen LogP contribution in [-0.2, 0) is 0 Å². The second kappa shape index (κ2) is 5.46. The second-order valence-electron chi connectivity index (χ2n) is 2.04. The van der Waals surface area contributed by atoms with E-state index in [-0.39, 0.29) is 62.6 Å². The van der Waals surface area contributed by atoms with Crippen molar-refractivity contribution in [2.45, 2.75) is 0 Å². The van der Waals surface area contributed by atoms with Crippen molar-refractivity contribution in [1.82, 2.24) is 4.98 Å². The van der Waals surface area contributed by atoms with Gasteiger partial charge in [0.25, 0.3) is 0 Å². The zero-order valence-corrected chi connectivity index (χ0v) is 5.89. The average Bonchev–Trinajstić information content (AvgIpc) is 2.04. The number of carboxylic acids is 2. The van der Waals surface area contributed by atoms with Crippen LogP contribution in [-0.4, -0.2) is 78.5 Å². The molecule has 0 fully saturated rings. The molecule has 2 N–H and O–H groups in total. The Labute approximate surface area is 116 Å². The summed E-state index contributed by atoms with van der Waals surface area (Å²) in [5.41, 5.74) is -0.194. The van der Waals surface area contributed by atoms with Crippen molar-refractivity contribution in [3.8, 4) is 0 Å². The van der Waals surface area contributed by atoms with Gasteiger partial charge in [-0.2, -0.15) is 0 Å². The van der Waals surface area contributed by atoms with Gasteiger partial charge in [0.1, 0.15) is 5.69 Å². The average molecular weight is 207 g/mol. The Balaban J connectivity index is 0.00000144. The molecule has 13 heavy (non-hydrogen) atoms. The Hall–Kier alpha value is -0.274. The first kappa shape index (κ1) is 12.7. The summed E-state index contributed by atoms with van der Waals surface area (Å²) in [4.78, 5) is 24.0. The number of aromatic nitrogens is 1. The van der Waals surface area contributed by atoms with Crippen LogP contribution in [0, 0.1) is 0 Å². The summed E-state index contributed by atoms with van der Waals surface area (Å²) < 4.78 is 0. The van der Waals surface area contributed by atoms with E-state index >= 15 is 0 Å². The van der Waals surface area contributed by atoms with Crippen molar-refractivity contribution in [2.24, 2.45) is 0 Å². The molecule has 0 aliphatic carbocycles. The number of hydrogen-bond acceptors (Lipinski definition) is 3. The van der Waals surface area contributed by atoms with Crippen LogP contribution < -0.4 is 0 Å². The Kier molecular flexibility index (Phi) is 5.34. The minimum atomic E-state index is -1.17. The number of pyridine rings is 1. The molecule has 0 saturated carbocycles. The number of carboxylic acid groups (broad SMARTS) is 2. The van der Waals surface area contributed by atoms with Crippen molar-refractivity contribution < 1.29 is 19.8 Å². The van der Waals surface area contributed by atoms with Gasteiger partial charge in [0.05, 0.1) is 5.56 Å². The van der Waals surface area contributed by atoms with E-state index in [1.165, 1.54) is 6.07 Å². The molecule has 0 aliphatic rings. The van der Waals surface area contributed by atoms with E-state index in [0.717, 1.165) is 12.3 Å². The predicted molar refractivity (Wildman–Crippen MR) is 45.3 cm³/mol. The molecule has 0 radical (unpaired) electrons. The van der Waals surface area contributed by atoms with Gasteiger partial charge in [-0.05, 0) is 12.1 Å². The molecule has 1 rings (SSSR count). The fraction of sp³-hybridized carbons (Fsp3) is 0. The summed E-state index contributed by atoms with van der Waals surface area (Å²) in [5.74, 6) is -2.30. The van der Waals surface area contributed by atoms with E-state index in [4.69, 9.17) is 10.2 Å². The third-order valence-electron chi connectivity index (χ3n) is 1.23. The summed E-state index contributed by atoms with van der Waals surface area (Å²) in [5, 5.41) is 16.8. The van der Waals surface area contributed by atoms with Crippen LogP contribution in [0.2, 0.25) is 0 Å². The maximum atomic E-state index is 10.3. The molecule has 0 aliphatic heterocycles. The van der Waals surface area contributed by atoms with Gasteiger partial charge in [0, 0.05) is 6.20 Å². The van der Waals surface area contributed by atoms with E-state index in [1.54, 1.807) is 0 Å². The van der Waals surface area contributed by atoms with Crippen molar-refractivity contribution in [3.63, 3.8) is 0 Å². The van der Waals surface area contributed by atoms with Gasteiger partial charge in [-0.15, -0.1) is 0 Å². The van der Waals surface area contributed by atoms with Crippen LogP contribution in [0.4, 0.5) is 0 Å². The summed E-state index contributed by atoms with van der Waals surface area (Å²) >= 11 is 0. The number of nitrogens with zero attached hydrogens (tertiary/aromatic N) is 1. The van der Waals surface area contributed by atoms with Crippen LogP contribution in [0.25, 0.3) is 0 Å². The van der Waals surface area contributed by atoms with Crippen LogP contribution in [0.15, 0.2) is 18.3 Å². The zero-order chi connectivity index (χ0) is 9.14. The van der Waals surface area contributed by atoms with Crippen molar-refractivity contribution in [3.05, 3.63) is 29.6 Å². The SMILES string of the molecule is O=C(O)c1ccc(C(=O)O)nc1.[KH]. The van der Waals surface area contributed by atoms with Crippen LogP contribution in [0.5, 0.6) is 0 Å². The molecular formula is C7H6KNO4. The second-order valence-corrected chi connectivity index (χ2v) is 2.04. The predicted octanol–water partition coefficient (Wildman–Crippen LogP) is -0.171. The molecule has 0 unspecified atom stereocenters. The molecule has 0 bridgehead atoms. The fourth-order valence-electron chi connectivity index (χ4n) is 0.647. The zero-order valence-electron chi connectivity index (χ0n) is 5.89. The Morgan fingerprint density at radius 1 is 1.15 bits per heavy atom. The van der Waals surface area contributed by atoms with E-state index in [9.17, 15) is 9.59 Å². The van der Waals surface area contributed by atoms with Crippen molar-refractivity contribution in [1.29, 1.82) is 0 Å². The summed E-state index contributed by atoms with van der Waals surface area (Å²) in [6.07, 6.45) is 1.01. The molecule has 1 heterocycles. The van der Waals surface area contributed by atoms with Gasteiger partial charge in [-0.3, -0.25) is 0 Å². The standard InChI is InChI=1S/C7H5NO4.K.H/c9-6(10)4-1-2-5(7(11)12)8-3-4;;/h1-3H,(H,9,10)(H,11,12);;. The molecular weight excluding hydrogens is 201 g/mol. The van der Waals surface area contributed by atoms with E-state index in [1.807, 2.05) is 0 Å². The van der Waals surface area contributed by atoms with Crippen LogP contribution in [0.1, 0.15) is 20.8 Å². The number of rotatable bonds is 2. The summed E-state index contributed by atoms with van der Waals surface area (Å²) in [6.45, 7) is 0. The summed E-state index contributed by atoms with van der Waals surface area (Å²) in [6, 6.07) is 2.34. The van der Waals surface area contributed by atoms with Gasteiger partial charge in [0.15, 0.2) is 0 Å². The first-order valence-corrected chi connectivity index (χ1v) is 3.04. The van der Waals surface area contributed by atoms with Crippen molar-refractivity contribution in [2.75, 3.05) is 0 Å². The van der Waals surface area contributed by atoms with Crippen LogP contribution >= 0.6 is 0 Å². The molecule has 0 amide bonds. The van der Waals surface area contributed by atoms with Gasteiger partial charge in [0.2, 0.25) is 0 Å². The molecule has 6 heteroatoms.